The van der Waals surface area contributed by atoms with Gasteiger partial charge in [-0.05, 0) is 31.2 Å². The third kappa shape index (κ3) is 5.06. The SMILES string of the molecule is COCC(C)Oc1ccc(N=C(N)CCl)cc1. The zero-order valence-electron chi connectivity index (χ0n) is 10.0. The number of aliphatic imine (C=N–C) groups is 1. The number of rotatable bonds is 6. The average Bonchev–Trinajstić information content (AvgIpc) is 2.32. The first-order valence-electron chi connectivity index (χ1n) is 5.30. The molecule has 0 aromatic heterocycles. The predicted molar refractivity (Wildman–Crippen MR) is 70.4 cm³/mol. The van der Waals surface area contributed by atoms with Crippen LogP contribution in [-0.2, 0) is 4.74 Å². The van der Waals surface area contributed by atoms with Crippen LogP contribution >= 0.6 is 11.6 Å². The summed E-state index contributed by atoms with van der Waals surface area (Å²) in [5.41, 5.74) is 6.29. The number of methoxy groups -OCH3 is 1. The zero-order valence-corrected chi connectivity index (χ0v) is 10.8. The van der Waals surface area contributed by atoms with Crippen LogP contribution in [0.15, 0.2) is 29.3 Å². The minimum atomic E-state index is 0.0160. The molecule has 0 fully saturated rings. The summed E-state index contributed by atoms with van der Waals surface area (Å²) in [6, 6.07) is 7.33. The summed E-state index contributed by atoms with van der Waals surface area (Å²) in [5, 5.41) is 0. The Morgan fingerprint density at radius 2 is 2.06 bits per heavy atom. The summed E-state index contributed by atoms with van der Waals surface area (Å²) in [6.07, 6.45) is 0.0160. The van der Waals surface area contributed by atoms with Gasteiger partial charge in [0, 0.05) is 7.11 Å². The first kappa shape index (κ1) is 13.8. The Hall–Kier alpha value is -1.26. The highest BCUT2D eigenvalue weighted by Gasteiger charge is 2.02. The number of halogens is 1. The lowest BCUT2D eigenvalue weighted by Gasteiger charge is -2.13. The number of benzene rings is 1. The van der Waals surface area contributed by atoms with Gasteiger partial charge in [-0.3, -0.25) is 0 Å². The van der Waals surface area contributed by atoms with Crippen LogP contribution in [0.25, 0.3) is 0 Å². The molecule has 0 radical (unpaired) electrons. The van der Waals surface area contributed by atoms with Crippen LogP contribution < -0.4 is 10.5 Å². The van der Waals surface area contributed by atoms with Gasteiger partial charge in [-0.1, -0.05) is 0 Å². The van der Waals surface area contributed by atoms with Crippen molar-refractivity contribution >= 4 is 23.1 Å². The van der Waals surface area contributed by atoms with Crippen molar-refractivity contribution < 1.29 is 9.47 Å². The Balaban J connectivity index is 2.62. The van der Waals surface area contributed by atoms with E-state index in [1.807, 2.05) is 31.2 Å². The summed E-state index contributed by atoms with van der Waals surface area (Å²) < 4.78 is 10.6. The number of hydrogen-bond acceptors (Lipinski definition) is 3. The summed E-state index contributed by atoms with van der Waals surface area (Å²) in [5.74, 6) is 1.40. The zero-order chi connectivity index (χ0) is 12.7. The lowest BCUT2D eigenvalue weighted by molar-refractivity contribution is 0.0921. The second-order valence-electron chi connectivity index (χ2n) is 3.61. The van der Waals surface area contributed by atoms with Gasteiger partial charge in [0.15, 0.2) is 0 Å². The molecule has 1 aromatic carbocycles. The van der Waals surface area contributed by atoms with Crippen LogP contribution in [0.2, 0.25) is 0 Å². The fraction of sp³-hybridized carbons (Fsp3) is 0.417. The molecule has 2 N–H and O–H groups in total. The molecule has 0 saturated heterocycles. The highest BCUT2D eigenvalue weighted by atomic mass is 35.5. The van der Waals surface area contributed by atoms with E-state index in [0.717, 1.165) is 11.4 Å². The van der Waals surface area contributed by atoms with Gasteiger partial charge in [0.25, 0.3) is 0 Å². The van der Waals surface area contributed by atoms with Gasteiger partial charge in [-0.25, -0.2) is 4.99 Å². The summed E-state index contributed by atoms with van der Waals surface area (Å²) in [6.45, 7) is 2.50. The van der Waals surface area contributed by atoms with Crippen LogP contribution in [0.5, 0.6) is 5.75 Å². The van der Waals surface area contributed by atoms with E-state index < -0.39 is 0 Å². The van der Waals surface area contributed by atoms with E-state index in [0.29, 0.717) is 12.4 Å². The van der Waals surface area contributed by atoms with Crippen molar-refractivity contribution in [3.05, 3.63) is 24.3 Å². The molecule has 0 aliphatic heterocycles. The fourth-order valence-electron chi connectivity index (χ4n) is 1.30. The van der Waals surface area contributed by atoms with Gasteiger partial charge >= 0.3 is 0 Å². The minimum Gasteiger partial charge on any atom is -0.488 e. The van der Waals surface area contributed by atoms with Crippen molar-refractivity contribution in [3.8, 4) is 5.75 Å². The van der Waals surface area contributed by atoms with E-state index in [1.54, 1.807) is 7.11 Å². The van der Waals surface area contributed by atoms with Crippen molar-refractivity contribution in [1.29, 1.82) is 0 Å². The van der Waals surface area contributed by atoms with Gasteiger partial charge in [-0.15, -0.1) is 11.6 Å². The third-order valence-corrected chi connectivity index (χ3v) is 2.26. The first-order chi connectivity index (χ1) is 8.15. The number of ether oxygens (including phenoxy) is 2. The normalized spacial score (nSPS) is 13.5. The molecule has 1 unspecified atom stereocenters. The van der Waals surface area contributed by atoms with Crippen LogP contribution in [0.1, 0.15) is 6.92 Å². The molecule has 1 atom stereocenters. The molecule has 0 amide bonds. The van der Waals surface area contributed by atoms with E-state index in [1.165, 1.54) is 0 Å². The van der Waals surface area contributed by atoms with Crippen LogP contribution in [-0.4, -0.2) is 31.5 Å². The quantitative estimate of drug-likeness (QED) is 0.483. The Bertz CT molecular complexity index is 365. The van der Waals surface area contributed by atoms with Crippen LogP contribution in [0.3, 0.4) is 0 Å². The van der Waals surface area contributed by atoms with Crippen molar-refractivity contribution in [2.45, 2.75) is 13.0 Å². The number of alkyl halides is 1. The largest absolute Gasteiger partial charge is 0.488 e. The number of nitrogens with two attached hydrogens (primary N) is 1. The van der Waals surface area contributed by atoms with Crippen molar-refractivity contribution in [2.75, 3.05) is 19.6 Å². The predicted octanol–water partition coefficient (Wildman–Crippen LogP) is 2.33. The molecule has 1 aromatic rings. The van der Waals surface area contributed by atoms with Crippen molar-refractivity contribution in [3.63, 3.8) is 0 Å². The van der Waals surface area contributed by atoms with E-state index in [4.69, 9.17) is 26.8 Å². The monoisotopic (exact) mass is 256 g/mol. The maximum Gasteiger partial charge on any atom is 0.119 e. The van der Waals surface area contributed by atoms with Crippen LogP contribution in [0, 0.1) is 0 Å². The molecular weight excluding hydrogens is 240 g/mol. The van der Waals surface area contributed by atoms with Gasteiger partial charge in [0.05, 0.1) is 18.2 Å². The lowest BCUT2D eigenvalue weighted by Crippen LogP contribution is -2.17. The molecule has 0 bridgehead atoms. The Labute approximate surface area is 106 Å². The maximum atomic E-state index is 5.61. The number of hydrogen-bond donors (Lipinski definition) is 1. The highest BCUT2D eigenvalue weighted by molar-refractivity contribution is 6.28. The highest BCUT2D eigenvalue weighted by Crippen LogP contribution is 2.19. The molecule has 0 aliphatic rings. The second kappa shape index (κ2) is 7.14. The van der Waals surface area contributed by atoms with Crippen molar-refractivity contribution in [1.82, 2.24) is 0 Å². The standard InChI is InChI=1S/C12H17ClN2O2/c1-9(8-16-2)17-11-5-3-10(4-6-11)15-12(14)7-13/h3-6,9H,7-8H2,1-2H3,(H2,14,15). The summed E-state index contributed by atoms with van der Waals surface area (Å²) in [7, 11) is 1.65. The minimum absolute atomic E-state index is 0.0160. The molecule has 94 valence electrons. The Morgan fingerprint density at radius 3 is 2.59 bits per heavy atom. The Morgan fingerprint density at radius 1 is 1.41 bits per heavy atom. The molecular formula is C12H17ClN2O2. The van der Waals surface area contributed by atoms with Gasteiger partial charge < -0.3 is 15.2 Å². The molecule has 1 rings (SSSR count). The smallest absolute Gasteiger partial charge is 0.119 e. The summed E-state index contributed by atoms with van der Waals surface area (Å²) in [4.78, 5) is 4.12. The topological polar surface area (TPSA) is 56.8 Å². The van der Waals surface area contributed by atoms with Gasteiger partial charge in [0.1, 0.15) is 17.7 Å². The molecule has 5 heteroatoms. The molecule has 4 nitrogen and oxygen atoms in total. The maximum absolute atomic E-state index is 5.61. The van der Waals surface area contributed by atoms with E-state index in [2.05, 4.69) is 4.99 Å². The molecule has 0 heterocycles. The van der Waals surface area contributed by atoms with Crippen LogP contribution in [0.4, 0.5) is 5.69 Å². The van der Waals surface area contributed by atoms with Gasteiger partial charge in [-0.2, -0.15) is 0 Å². The molecule has 0 aliphatic carbocycles. The average molecular weight is 257 g/mol. The van der Waals surface area contributed by atoms with E-state index in [9.17, 15) is 0 Å². The van der Waals surface area contributed by atoms with E-state index >= 15 is 0 Å². The van der Waals surface area contributed by atoms with Crippen molar-refractivity contribution in [2.24, 2.45) is 10.7 Å². The Kier molecular flexibility index (Phi) is 5.80. The fourth-order valence-corrected chi connectivity index (χ4v) is 1.36. The summed E-state index contributed by atoms with van der Waals surface area (Å²) >= 11 is 5.54. The lowest BCUT2D eigenvalue weighted by atomic mass is 10.3. The molecule has 17 heavy (non-hydrogen) atoms. The number of nitrogens with zero attached hydrogens (tertiary/aromatic N) is 1. The van der Waals surface area contributed by atoms with Gasteiger partial charge in [0.2, 0.25) is 0 Å². The third-order valence-electron chi connectivity index (χ3n) is 1.98. The van der Waals surface area contributed by atoms with E-state index in [-0.39, 0.29) is 12.0 Å². The second-order valence-corrected chi connectivity index (χ2v) is 3.88. The number of amidine groups is 1. The molecule has 0 saturated carbocycles. The molecule has 0 spiro atoms. The first-order valence-corrected chi connectivity index (χ1v) is 5.83.